The molecule has 0 aliphatic rings. The highest BCUT2D eigenvalue weighted by molar-refractivity contribution is 6.21. The first kappa shape index (κ1) is 12.5. The Morgan fingerprint density at radius 1 is 1.33 bits per heavy atom. The second-order valence-electron chi connectivity index (χ2n) is 4.18. The molecule has 0 fully saturated rings. The van der Waals surface area contributed by atoms with E-state index in [0.29, 0.717) is 0 Å². The molecule has 2 atom stereocenters. The summed E-state index contributed by atoms with van der Waals surface area (Å²) in [7, 11) is 3.85. The van der Waals surface area contributed by atoms with Crippen molar-refractivity contribution in [1.82, 2.24) is 4.90 Å². The van der Waals surface area contributed by atoms with Crippen molar-refractivity contribution >= 4 is 11.6 Å². The third-order valence-electron chi connectivity index (χ3n) is 2.98. The van der Waals surface area contributed by atoms with Gasteiger partial charge in [-0.05, 0) is 26.6 Å². The van der Waals surface area contributed by atoms with Gasteiger partial charge in [-0.25, -0.2) is 0 Å². The molecule has 0 amide bonds. The molecule has 0 heterocycles. The predicted molar refractivity (Wildman–Crippen MR) is 64.2 cm³/mol. The number of nitrogens with zero attached hydrogens (tertiary/aromatic N) is 1. The van der Waals surface area contributed by atoms with Crippen LogP contribution in [0.5, 0.6) is 0 Å². The van der Waals surface area contributed by atoms with Gasteiger partial charge in [-0.1, -0.05) is 30.3 Å². The number of aliphatic hydroxyl groups is 1. The van der Waals surface area contributed by atoms with Crippen LogP contribution < -0.4 is 0 Å². The quantitative estimate of drug-likeness (QED) is 0.798. The number of benzene rings is 1. The lowest BCUT2D eigenvalue weighted by atomic mass is 9.92. The lowest BCUT2D eigenvalue weighted by Crippen LogP contribution is -2.48. The molecule has 0 radical (unpaired) electrons. The Morgan fingerprint density at radius 3 is 2.27 bits per heavy atom. The Morgan fingerprint density at radius 2 is 1.87 bits per heavy atom. The number of hydrogen-bond acceptors (Lipinski definition) is 2. The topological polar surface area (TPSA) is 23.5 Å². The van der Waals surface area contributed by atoms with Crippen molar-refractivity contribution in [3.05, 3.63) is 35.9 Å². The van der Waals surface area contributed by atoms with Crippen molar-refractivity contribution in [3.63, 3.8) is 0 Å². The fourth-order valence-corrected chi connectivity index (χ4v) is 1.84. The maximum atomic E-state index is 9.46. The van der Waals surface area contributed by atoms with Gasteiger partial charge in [0.2, 0.25) is 0 Å². The summed E-state index contributed by atoms with van der Waals surface area (Å²) in [5.41, 5.74) is 0.590. The average Bonchev–Trinajstić information content (AvgIpc) is 2.28. The lowest BCUT2D eigenvalue weighted by molar-refractivity contribution is 0.0798. The van der Waals surface area contributed by atoms with Crippen molar-refractivity contribution in [2.24, 2.45) is 0 Å². The van der Waals surface area contributed by atoms with E-state index in [4.69, 9.17) is 11.6 Å². The van der Waals surface area contributed by atoms with Crippen LogP contribution >= 0.6 is 11.6 Å². The molecule has 2 unspecified atom stereocenters. The molecule has 0 saturated heterocycles. The summed E-state index contributed by atoms with van der Waals surface area (Å²) in [5.74, 6) is 0. The number of halogens is 1. The molecule has 1 N–H and O–H groups in total. The first-order valence-electron chi connectivity index (χ1n) is 4.99. The zero-order valence-corrected chi connectivity index (χ0v) is 10.2. The van der Waals surface area contributed by atoms with Crippen LogP contribution in [0.4, 0.5) is 0 Å². The molecule has 1 rings (SSSR count). The highest BCUT2D eigenvalue weighted by Gasteiger charge is 2.35. The zero-order valence-electron chi connectivity index (χ0n) is 9.44. The van der Waals surface area contributed by atoms with E-state index in [1.807, 2.05) is 56.3 Å². The fraction of sp³-hybridized carbons (Fsp3) is 0.500. The molecule has 0 aromatic heterocycles. The molecule has 84 valence electrons. The van der Waals surface area contributed by atoms with Crippen LogP contribution in [0.25, 0.3) is 0 Å². The van der Waals surface area contributed by atoms with Crippen LogP contribution in [0.2, 0.25) is 0 Å². The maximum absolute atomic E-state index is 9.46. The van der Waals surface area contributed by atoms with E-state index in [0.717, 1.165) is 5.56 Å². The molecule has 2 nitrogen and oxygen atoms in total. The van der Waals surface area contributed by atoms with E-state index >= 15 is 0 Å². The first-order chi connectivity index (χ1) is 7.02. The van der Waals surface area contributed by atoms with Gasteiger partial charge in [0.1, 0.15) is 0 Å². The lowest BCUT2D eigenvalue weighted by Gasteiger charge is -2.38. The predicted octanol–water partition coefficient (Wildman–Crippen LogP) is 2.28. The molecule has 0 aliphatic carbocycles. The van der Waals surface area contributed by atoms with Crippen LogP contribution in [0, 0.1) is 0 Å². The van der Waals surface area contributed by atoms with E-state index in [-0.39, 0.29) is 12.0 Å². The van der Waals surface area contributed by atoms with E-state index in [9.17, 15) is 5.11 Å². The molecule has 1 aromatic carbocycles. The van der Waals surface area contributed by atoms with Crippen LogP contribution in [0.15, 0.2) is 30.3 Å². The highest BCUT2D eigenvalue weighted by Crippen LogP contribution is 2.34. The molecular weight excluding hydrogens is 210 g/mol. The molecule has 15 heavy (non-hydrogen) atoms. The highest BCUT2D eigenvalue weighted by atomic mass is 35.5. The summed E-state index contributed by atoms with van der Waals surface area (Å²) in [6.45, 7) is 1.99. The zero-order chi connectivity index (χ0) is 11.5. The van der Waals surface area contributed by atoms with Gasteiger partial charge in [0.25, 0.3) is 0 Å². The second kappa shape index (κ2) is 4.97. The van der Waals surface area contributed by atoms with Crippen LogP contribution in [0.3, 0.4) is 0 Å². The van der Waals surface area contributed by atoms with Gasteiger partial charge in [-0.15, -0.1) is 11.6 Å². The normalized spacial score (nSPS) is 17.5. The number of aliphatic hydroxyl groups excluding tert-OH is 1. The van der Waals surface area contributed by atoms with Crippen LogP contribution in [0.1, 0.15) is 17.9 Å². The number of hydrogen-bond donors (Lipinski definition) is 1. The Balaban J connectivity index is 2.97. The van der Waals surface area contributed by atoms with E-state index < -0.39 is 5.54 Å². The van der Waals surface area contributed by atoms with Crippen molar-refractivity contribution in [2.45, 2.75) is 17.8 Å². The molecular formula is C12H18ClNO. The third-order valence-corrected chi connectivity index (χ3v) is 3.70. The number of alkyl halides is 1. The number of rotatable bonds is 4. The van der Waals surface area contributed by atoms with Gasteiger partial charge in [-0.2, -0.15) is 0 Å². The minimum absolute atomic E-state index is 0.0308. The van der Waals surface area contributed by atoms with E-state index in [1.54, 1.807) is 0 Å². The summed E-state index contributed by atoms with van der Waals surface area (Å²) in [5, 5.41) is 9.24. The van der Waals surface area contributed by atoms with Gasteiger partial charge < -0.3 is 10.0 Å². The molecule has 0 spiro atoms. The largest absolute Gasteiger partial charge is 0.394 e. The second-order valence-corrected chi connectivity index (χ2v) is 4.62. The minimum atomic E-state index is -0.442. The van der Waals surface area contributed by atoms with Gasteiger partial charge in [0.15, 0.2) is 0 Å². The SMILES string of the molecule is CN(C)C(C)(CO)C(Cl)c1ccccc1. The molecule has 0 saturated carbocycles. The van der Waals surface area contributed by atoms with Crippen molar-refractivity contribution in [1.29, 1.82) is 0 Å². The smallest absolute Gasteiger partial charge is 0.0788 e. The minimum Gasteiger partial charge on any atom is -0.394 e. The van der Waals surface area contributed by atoms with Gasteiger partial charge in [0, 0.05) is 0 Å². The van der Waals surface area contributed by atoms with E-state index in [1.165, 1.54) is 0 Å². The fourth-order valence-electron chi connectivity index (χ4n) is 1.43. The standard InChI is InChI=1S/C12H18ClNO/c1-12(9-15,14(2)3)11(13)10-7-5-4-6-8-10/h4-8,11,15H,9H2,1-3H3. The van der Waals surface area contributed by atoms with Crippen molar-refractivity contribution in [2.75, 3.05) is 20.7 Å². The summed E-state index contributed by atoms with van der Waals surface area (Å²) < 4.78 is 0. The monoisotopic (exact) mass is 227 g/mol. The summed E-state index contributed by atoms with van der Waals surface area (Å²) in [4.78, 5) is 1.96. The van der Waals surface area contributed by atoms with Crippen LogP contribution in [-0.4, -0.2) is 36.2 Å². The van der Waals surface area contributed by atoms with Gasteiger partial charge in [-0.3, -0.25) is 0 Å². The molecule has 1 aromatic rings. The number of likely N-dealkylation sites (N-methyl/N-ethyl adjacent to an activating group) is 1. The summed E-state index contributed by atoms with van der Waals surface area (Å²) in [6, 6.07) is 9.83. The van der Waals surface area contributed by atoms with Crippen molar-refractivity contribution in [3.8, 4) is 0 Å². The Kier molecular flexibility index (Phi) is 4.14. The van der Waals surface area contributed by atoms with E-state index in [2.05, 4.69) is 0 Å². The Labute approximate surface area is 96.5 Å². The Bertz CT molecular complexity index is 302. The third kappa shape index (κ3) is 2.51. The van der Waals surface area contributed by atoms with Crippen molar-refractivity contribution < 1.29 is 5.11 Å². The molecule has 3 heteroatoms. The first-order valence-corrected chi connectivity index (χ1v) is 5.43. The molecule has 0 aliphatic heterocycles. The van der Waals surface area contributed by atoms with Crippen LogP contribution in [-0.2, 0) is 0 Å². The van der Waals surface area contributed by atoms with Gasteiger partial charge >= 0.3 is 0 Å². The maximum Gasteiger partial charge on any atom is 0.0788 e. The molecule has 0 bridgehead atoms. The summed E-state index contributed by atoms with van der Waals surface area (Å²) >= 11 is 6.41. The summed E-state index contributed by atoms with van der Waals surface area (Å²) in [6.07, 6.45) is 0. The Hall–Kier alpha value is -0.570. The van der Waals surface area contributed by atoms with Gasteiger partial charge in [0.05, 0.1) is 17.5 Å². The average molecular weight is 228 g/mol.